The second kappa shape index (κ2) is 34.3. The minimum atomic E-state index is -1.10. The van der Waals surface area contributed by atoms with Crippen LogP contribution in [0, 0.1) is 0 Å². The number of aliphatic carboxylic acids is 1. The Morgan fingerprint density at radius 3 is 1.67 bits per heavy atom. The van der Waals surface area contributed by atoms with Crippen LogP contribution in [0.1, 0.15) is 118 Å². The highest BCUT2D eigenvalue weighted by Gasteiger charge is 2.27. The molecular weight excluding hydrogens is 694 g/mol. The Hall–Kier alpha value is -2.46. The van der Waals surface area contributed by atoms with Gasteiger partial charge < -0.3 is 44.7 Å². The number of hydrogen-bond acceptors (Lipinski definition) is 11. The number of carboxylic acid groups (broad SMARTS) is 1. The van der Waals surface area contributed by atoms with E-state index >= 15 is 0 Å². The number of esters is 1. The molecule has 14 nitrogen and oxygen atoms in total. The highest BCUT2D eigenvalue weighted by molar-refractivity contribution is 7.99. The zero-order valence-electron chi connectivity index (χ0n) is 32.4. The molecule has 3 amide bonds. The van der Waals surface area contributed by atoms with Crippen molar-refractivity contribution in [3.63, 3.8) is 0 Å². The number of thioether (sulfide) groups is 1. The van der Waals surface area contributed by atoms with Gasteiger partial charge in [0, 0.05) is 25.9 Å². The molecule has 4 N–H and O–H groups in total. The fraction of sp³-hybridized carbons (Fsp3) is 0.865. The first-order chi connectivity index (χ1) is 24.9. The lowest BCUT2D eigenvalue weighted by Crippen LogP contribution is -2.45. The number of carbonyl (C=O) groups excluding carboxylic acids is 4. The van der Waals surface area contributed by atoms with Gasteiger partial charge in [-0.1, -0.05) is 58.3 Å². The minimum Gasteiger partial charge on any atom is -0.481 e. The van der Waals surface area contributed by atoms with E-state index < -0.39 is 29.5 Å². The van der Waals surface area contributed by atoms with Crippen LogP contribution in [0.2, 0.25) is 0 Å². The Balaban J connectivity index is 3.59. The molecular formula is C37H69N3O11S. The molecule has 1 unspecified atom stereocenters. The number of ether oxygens (including phenoxy) is 5. The molecule has 304 valence electrons. The van der Waals surface area contributed by atoms with E-state index in [0.717, 1.165) is 12.8 Å². The molecule has 0 aromatic carbocycles. The molecule has 0 aliphatic rings. The summed E-state index contributed by atoms with van der Waals surface area (Å²) in [7, 11) is 0. The van der Waals surface area contributed by atoms with Gasteiger partial charge in [-0.2, -0.15) is 11.8 Å². The Morgan fingerprint density at radius 1 is 0.615 bits per heavy atom. The highest BCUT2D eigenvalue weighted by Crippen LogP contribution is 2.14. The van der Waals surface area contributed by atoms with Crippen molar-refractivity contribution in [2.75, 3.05) is 77.5 Å². The van der Waals surface area contributed by atoms with Gasteiger partial charge in [0.1, 0.15) is 24.9 Å². The third-order valence-electron chi connectivity index (χ3n) is 7.36. The molecule has 0 aliphatic carbocycles. The van der Waals surface area contributed by atoms with Crippen LogP contribution >= 0.6 is 11.8 Å². The van der Waals surface area contributed by atoms with Gasteiger partial charge >= 0.3 is 11.9 Å². The van der Waals surface area contributed by atoms with Gasteiger partial charge in [0.15, 0.2) is 0 Å². The van der Waals surface area contributed by atoms with Gasteiger partial charge in [-0.15, -0.1) is 0 Å². The van der Waals surface area contributed by atoms with Crippen LogP contribution in [0.5, 0.6) is 0 Å². The smallest absolute Gasteiger partial charge is 0.329 e. The van der Waals surface area contributed by atoms with Gasteiger partial charge in [-0.05, 0) is 58.0 Å². The molecule has 0 bridgehead atoms. The molecule has 0 rings (SSSR count). The van der Waals surface area contributed by atoms with E-state index in [-0.39, 0.29) is 70.8 Å². The largest absolute Gasteiger partial charge is 0.481 e. The molecule has 0 fully saturated rings. The molecule has 0 spiro atoms. The standard InChI is InChI=1S/C37H69N3O11S/c1-5-6-7-8-11-14-27-52-28-15-12-9-10-13-16-32(41)38-19-21-47-23-25-49-29-33(42)39-20-22-48-24-26-50-30-34(43)40-31(17-18-35(44)45)36(46)51-37(2,3)4/h31H,5-30H2,1-4H3,(H,38,41)(H,39,42)(H,40,43)(H,44,45). The van der Waals surface area contributed by atoms with E-state index in [2.05, 4.69) is 34.6 Å². The molecule has 1 atom stereocenters. The van der Waals surface area contributed by atoms with Gasteiger partial charge in [0.05, 0.1) is 39.6 Å². The lowest BCUT2D eigenvalue weighted by molar-refractivity contribution is -0.159. The maximum atomic E-state index is 12.3. The number of hydrogen-bond donors (Lipinski definition) is 4. The fourth-order valence-corrected chi connectivity index (χ4v) is 5.69. The highest BCUT2D eigenvalue weighted by atomic mass is 32.2. The zero-order chi connectivity index (χ0) is 38.7. The molecule has 0 saturated carbocycles. The zero-order valence-corrected chi connectivity index (χ0v) is 33.2. The Morgan fingerprint density at radius 2 is 1.12 bits per heavy atom. The molecule has 0 aliphatic heterocycles. The topological polar surface area (TPSA) is 188 Å². The Kier molecular flexibility index (Phi) is 32.7. The summed E-state index contributed by atoms with van der Waals surface area (Å²) in [5.41, 5.74) is -0.787. The third-order valence-corrected chi connectivity index (χ3v) is 8.51. The van der Waals surface area contributed by atoms with E-state index in [1.54, 1.807) is 20.8 Å². The number of carboxylic acids is 1. The number of unbranched alkanes of at least 4 members (excludes halogenated alkanes) is 9. The van der Waals surface area contributed by atoms with Crippen molar-refractivity contribution < 1.29 is 52.8 Å². The Labute approximate surface area is 316 Å². The summed E-state index contributed by atoms with van der Waals surface area (Å²) >= 11 is 2.08. The predicted octanol–water partition coefficient (Wildman–Crippen LogP) is 4.41. The lowest BCUT2D eigenvalue weighted by Gasteiger charge is -2.24. The second-order valence-corrected chi connectivity index (χ2v) is 14.7. The SMILES string of the molecule is CCCCCCCCSCCCCCCCC(=O)NCCOCCOCC(=O)NCCOCCOCC(=O)NC(CCC(=O)O)C(=O)OC(C)(C)C. The summed E-state index contributed by atoms with van der Waals surface area (Å²) in [6.07, 6.45) is 14.0. The Bertz CT molecular complexity index is 950. The summed E-state index contributed by atoms with van der Waals surface area (Å²) in [5.74, 6) is -0.109. The number of nitrogens with one attached hydrogen (secondary N) is 3. The van der Waals surface area contributed by atoms with Crippen LogP contribution in [0.15, 0.2) is 0 Å². The minimum absolute atomic E-state index is 0.0477. The van der Waals surface area contributed by atoms with Crippen molar-refractivity contribution in [1.29, 1.82) is 0 Å². The van der Waals surface area contributed by atoms with E-state index in [9.17, 15) is 24.0 Å². The van der Waals surface area contributed by atoms with Crippen LogP contribution in [-0.4, -0.2) is 124 Å². The molecule has 52 heavy (non-hydrogen) atoms. The first kappa shape index (κ1) is 49.5. The van der Waals surface area contributed by atoms with Crippen molar-refractivity contribution >= 4 is 41.4 Å². The number of amides is 3. The summed E-state index contributed by atoms with van der Waals surface area (Å²) in [6.45, 7) is 8.95. The first-order valence-corrected chi connectivity index (χ1v) is 20.3. The van der Waals surface area contributed by atoms with E-state index in [1.165, 1.54) is 69.3 Å². The summed E-state index contributed by atoms with van der Waals surface area (Å²) in [5, 5.41) is 16.9. The van der Waals surface area contributed by atoms with Crippen molar-refractivity contribution in [2.24, 2.45) is 0 Å². The average molecular weight is 764 g/mol. The third kappa shape index (κ3) is 35.9. The van der Waals surface area contributed by atoms with Gasteiger partial charge in [0.25, 0.3) is 0 Å². The van der Waals surface area contributed by atoms with Crippen molar-refractivity contribution in [3.05, 3.63) is 0 Å². The predicted molar refractivity (Wildman–Crippen MR) is 202 cm³/mol. The van der Waals surface area contributed by atoms with Gasteiger partial charge in [-0.3, -0.25) is 19.2 Å². The van der Waals surface area contributed by atoms with Gasteiger partial charge in [0.2, 0.25) is 17.7 Å². The van der Waals surface area contributed by atoms with Crippen LogP contribution in [0.25, 0.3) is 0 Å². The monoisotopic (exact) mass is 763 g/mol. The maximum Gasteiger partial charge on any atom is 0.329 e. The van der Waals surface area contributed by atoms with Crippen LogP contribution < -0.4 is 16.0 Å². The maximum absolute atomic E-state index is 12.3. The molecule has 15 heteroatoms. The lowest BCUT2D eigenvalue weighted by atomic mass is 10.1. The van der Waals surface area contributed by atoms with E-state index in [0.29, 0.717) is 26.2 Å². The molecule has 0 aromatic rings. The fourth-order valence-electron chi connectivity index (χ4n) is 4.67. The van der Waals surface area contributed by atoms with Crippen LogP contribution in [-0.2, 0) is 47.7 Å². The molecule has 0 saturated heterocycles. The van der Waals surface area contributed by atoms with E-state index in [1.807, 2.05) is 0 Å². The number of rotatable bonds is 36. The van der Waals surface area contributed by atoms with Crippen molar-refractivity contribution in [1.82, 2.24) is 16.0 Å². The molecule has 0 heterocycles. The quantitative estimate of drug-likeness (QED) is 0.0521. The molecule has 0 aromatic heterocycles. The van der Waals surface area contributed by atoms with Gasteiger partial charge in [-0.25, -0.2) is 4.79 Å². The number of carbonyl (C=O) groups is 5. The van der Waals surface area contributed by atoms with Crippen LogP contribution in [0.3, 0.4) is 0 Å². The average Bonchev–Trinajstić information content (AvgIpc) is 3.08. The van der Waals surface area contributed by atoms with E-state index in [4.69, 9.17) is 28.8 Å². The summed E-state index contributed by atoms with van der Waals surface area (Å²) < 4.78 is 26.6. The normalized spacial score (nSPS) is 11.9. The van der Waals surface area contributed by atoms with Crippen LogP contribution in [0.4, 0.5) is 0 Å². The summed E-state index contributed by atoms with van der Waals surface area (Å²) in [6, 6.07) is -1.10. The van der Waals surface area contributed by atoms with Crippen molar-refractivity contribution in [2.45, 2.75) is 129 Å². The van der Waals surface area contributed by atoms with Crippen molar-refractivity contribution in [3.8, 4) is 0 Å². The summed E-state index contributed by atoms with van der Waals surface area (Å²) in [4.78, 5) is 59.3. The first-order valence-electron chi connectivity index (χ1n) is 19.1. The molecule has 0 radical (unpaired) electrons. The second-order valence-electron chi connectivity index (χ2n) is 13.5.